The summed E-state index contributed by atoms with van der Waals surface area (Å²) in [6.07, 6.45) is 1.93. The summed E-state index contributed by atoms with van der Waals surface area (Å²) in [6.45, 7) is 0. The number of hydrogen-bond donors (Lipinski definition) is 1. The van der Waals surface area contributed by atoms with E-state index >= 15 is 0 Å². The number of esters is 1. The number of benzene rings is 1. The van der Waals surface area contributed by atoms with Gasteiger partial charge in [-0.1, -0.05) is 18.2 Å². The van der Waals surface area contributed by atoms with Gasteiger partial charge in [-0.2, -0.15) is 0 Å². The summed E-state index contributed by atoms with van der Waals surface area (Å²) in [4.78, 5) is 23.2. The Labute approximate surface area is 99.0 Å². The van der Waals surface area contributed by atoms with E-state index in [0.717, 1.165) is 18.4 Å². The van der Waals surface area contributed by atoms with E-state index in [1.807, 2.05) is 12.1 Å². The lowest BCUT2D eigenvalue weighted by molar-refractivity contribution is -0.123. The van der Waals surface area contributed by atoms with Gasteiger partial charge in [0.15, 0.2) is 0 Å². The highest BCUT2D eigenvalue weighted by Gasteiger charge is 2.33. The van der Waals surface area contributed by atoms with Crippen molar-refractivity contribution in [3.05, 3.63) is 35.4 Å². The molecule has 4 heteroatoms. The van der Waals surface area contributed by atoms with Gasteiger partial charge in [0.25, 0.3) is 0 Å². The Balaban J connectivity index is 1.72. The third kappa shape index (κ3) is 2.02. The lowest BCUT2D eigenvalue weighted by Gasteiger charge is -2.10. The van der Waals surface area contributed by atoms with Crippen molar-refractivity contribution in [1.82, 2.24) is 5.32 Å². The molecule has 1 aliphatic carbocycles. The molecule has 0 bridgehead atoms. The minimum Gasteiger partial charge on any atom is -0.453 e. The molecule has 1 aliphatic heterocycles. The van der Waals surface area contributed by atoms with Crippen LogP contribution in [0.25, 0.3) is 0 Å². The summed E-state index contributed by atoms with van der Waals surface area (Å²) in [5.74, 6) is -0.369. The summed E-state index contributed by atoms with van der Waals surface area (Å²) in [5.41, 5.74) is 1.40. The first-order valence-electron chi connectivity index (χ1n) is 5.83. The molecule has 1 N–H and O–H groups in total. The predicted octanol–water partition coefficient (Wildman–Crippen LogP) is 1.57. The number of carbonyl (C=O) groups excluding carboxylic acids is 2. The molecule has 1 atom stereocenters. The van der Waals surface area contributed by atoms with Gasteiger partial charge in [-0.15, -0.1) is 0 Å². The van der Waals surface area contributed by atoms with Gasteiger partial charge in [-0.25, -0.2) is 4.79 Å². The molecule has 0 saturated heterocycles. The first-order chi connectivity index (χ1) is 8.24. The highest BCUT2D eigenvalue weighted by Crippen LogP contribution is 2.32. The van der Waals surface area contributed by atoms with Gasteiger partial charge < -0.3 is 10.1 Å². The zero-order chi connectivity index (χ0) is 11.8. The van der Waals surface area contributed by atoms with Gasteiger partial charge in [0.05, 0.1) is 12.0 Å². The topological polar surface area (TPSA) is 55.4 Å². The van der Waals surface area contributed by atoms with Gasteiger partial charge in [0.1, 0.15) is 6.10 Å². The quantitative estimate of drug-likeness (QED) is 0.803. The minimum atomic E-state index is -0.419. The molecule has 2 aliphatic rings. The van der Waals surface area contributed by atoms with Crippen LogP contribution in [0.2, 0.25) is 0 Å². The lowest BCUT2D eigenvalue weighted by Crippen LogP contribution is -2.26. The van der Waals surface area contributed by atoms with Crippen LogP contribution in [0.4, 0.5) is 0 Å². The number of nitrogens with one attached hydrogen (secondary N) is 1. The summed E-state index contributed by atoms with van der Waals surface area (Å²) in [5, 5.41) is 2.90. The largest absolute Gasteiger partial charge is 0.453 e. The molecule has 1 aromatic rings. The first-order valence-corrected chi connectivity index (χ1v) is 5.83. The molecule has 3 rings (SSSR count). The number of rotatable bonds is 3. The van der Waals surface area contributed by atoms with Crippen molar-refractivity contribution in [2.75, 3.05) is 0 Å². The summed E-state index contributed by atoms with van der Waals surface area (Å²) >= 11 is 0. The molecule has 1 saturated carbocycles. The molecule has 1 heterocycles. The maximum Gasteiger partial charge on any atom is 0.339 e. The van der Waals surface area contributed by atoms with Crippen LogP contribution in [0.15, 0.2) is 24.3 Å². The van der Waals surface area contributed by atoms with Crippen molar-refractivity contribution in [2.45, 2.75) is 31.4 Å². The van der Waals surface area contributed by atoms with Crippen LogP contribution in [0.5, 0.6) is 0 Å². The molecule has 0 spiro atoms. The van der Waals surface area contributed by atoms with Crippen molar-refractivity contribution < 1.29 is 14.3 Å². The van der Waals surface area contributed by atoms with Gasteiger partial charge in [-0.05, 0) is 18.9 Å². The fourth-order valence-corrected chi connectivity index (χ4v) is 2.05. The number of carbonyl (C=O) groups is 2. The summed E-state index contributed by atoms with van der Waals surface area (Å²) in [6, 6.07) is 7.57. The zero-order valence-electron chi connectivity index (χ0n) is 9.31. The molecule has 0 unspecified atom stereocenters. The third-order valence-corrected chi connectivity index (χ3v) is 3.09. The summed E-state index contributed by atoms with van der Waals surface area (Å²) < 4.78 is 5.20. The van der Waals surface area contributed by atoms with Crippen molar-refractivity contribution in [2.24, 2.45) is 0 Å². The number of hydrogen-bond acceptors (Lipinski definition) is 3. The van der Waals surface area contributed by atoms with Gasteiger partial charge in [0, 0.05) is 11.6 Å². The van der Waals surface area contributed by atoms with E-state index in [-0.39, 0.29) is 18.3 Å². The maximum atomic E-state index is 11.7. The van der Waals surface area contributed by atoms with Crippen LogP contribution in [-0.2, 0) is 9.53 Å². The van der Waals surface area contributed by atoms with Crippen LogP contribution >= 0.6 is 0 Å². The average molecular weight is 231 g/mol. The van der Waals surface area contributed by atoms with Crippen LogP contribution < -0.4 is 5.32 Å². The second kappa shape index (κ2) is 3.87. The average Bonchev–Trinajstić information content (AvgIpc) is 3.06. The van der Waals surface area contributed by atoms with Crippen LogP contribution in [0.1, 0.15) is 41.3 Å². The van der Waals surface area contributed by atoms with Gasteiger partial charge >= 0.3 is 5.97 Å². The van der Waals surface area contributed by atoms with Crippen LogP contribution in [0, 0.1) is 0 Å². The van der Waals surface area contributed by atoms with E-state index in [2.05, 4.69) is 5.32 Å². The highest BCUT2D eigenvalue weighted by atomic mass is 16.5. The molecular formula is C13H13NO3. The van der Waals surface area contributed by atoms with Gasteiger partial charge in [0.2, 0.25) is 5.91 Å². The monoisotopic (exact) mass is 231 g/mol. The van der Waals surface area contributed by atoms with Crippen LogP contribution in [-0.4, -0.2) is 17.9 Å². The van der Waals surface area contributed by atoms with Gasteiger partial charge in [-0.3, -0.25) is 4.79 Å². The van der Waals surface area contributed by atoms with Crippen LogP contribution in [0.3, 0.4) is 0 Å². The molecule has 0 radical (unpaired) electrons. The fraction of sp³-hybridized carbons (Fsp3) is 0.385. The summed E-state index contributed by atoms with van der Waals surface area (Å²) in [7, 11) is 0. The number of cyclic esters (lactones) is 1. The van der Waals surface area contributed by atoms with Crippen molar-refractivity contribution in [3.8, 4) is 0 Å². The zero-order valence-corrected chi connectivity index (χ0v) is 9.31. The predicted molar refractivity (Wildman–Crippen MR) is 60.4 cm³/mol. The van der Waals surface area contributed by atoms with E-state index in [1.165, 1.54) is 0 Å². The molecule has 1 fully saturated rings. The molecule has 0 aromatic heterocycles. The second-order valence-corrected chi connectivity index (χ2v) is 4.53. The normalized spacial score (nSPS) is 21.9. The number of fused-ring (bicyclic) bond motifs is 1. The minimum absolute atomic E-state index is 0.0398. The SMILES string of the molecule is O=C(C[C@H]1OC(=O)c2ccccc21)NC1CC1. The number of amides is 1. The van der Waals surface area contributed by atoms with E-state index < -0.39 is 6.10 Å². The standard InChI is InChI=1S/C13H13NO3/c15-12(14-8-5-6-8)7-11-9-3-1-2-4-10(9)13(16)17-11/h1-4,8,11H,5-7H2,(H,14,15)/t11-/m1/s1. The van der Waals surface area contributed by atoms with E-state index in [1.54, 1.807) is 12.1 Å². The lowest BCUT2D eigenvalue weighted by atomic mass is 10.0. The molecule has 4 nitrogen and oxygen atoms in total. The van der Waals surface area contributed by atoms with E-state index in [9.17, 15) is 9.59 Å². The maximum absolute atomic E-state index is 11.7. The Bertz CT molecular complexity index is 479. The Kier molecular flexibility index (Phi) is 2.35. The Morgan fingerprint density at radius 3 is 2.88 bits per heavy atom. The fourth-order valence-electron chi connectivity index (χ4n) is 2.05. The van der Waals surface area contributed by atoms with E-state index in [4.69, 9.17) is 4.74 Å². The molecular weight excluding hydrogens is 218 g/mol. The molecule has 17 heavy (non-hydrogen) atoms. The number of ether oxygens (including phenoxy) is 1. The van der Waals surface area contributed by atoms with E-state index in [0.29, 0.717) is 11.6 Å². The van der Waals surface area contributed by atoms with Crippen molar-refractivity contribution in [3.63, 3.8) is 0 Å². The molecule has 1 aromatic carbocycles. The molecule has 1 amide bonds. The third-order valence-electron chi connectivity index (χ3n) is 3.09. The highest BCUT2D eigenvalue weighted by molar-refractivity contribution is 5.94. The van der Waals surface area contributed by atoms with Crippen molar-refractivity contribution >= 4 is 11.9 Å². The van der Waals surface area contributed by atoms with Crippen molar-refractivity contribution in [1.29, 1.82) is 0 Å². The smallest absolute Gasteiger partial charge is 0.339 e. The molecule has 88 valence electrons. The Hall–Kier alpha value is -1.84. The Morgan fingerprint density at radius 1 is 1.35 bits per heavy atom. The Morgan fingerprint density at radius 2 is 2.12 bits per heavy atom. The second-order valence-electron chi connectivity index (χ2n) is 4.53. The first kappa shape index (κ1) is 10.3.